The first kappa shape index (κ1) is 14.6. The summed E-state index contributed by atoms with van der Waals surface area (Å²) in [6, 6.07) is 18.8. The van der Waals surface area contributed by atoms with Crippen LogP contribution >= 0.6 is 11.3 Å². The molecule has 0 spiro atoms. The van der Waals surface area contributed by atoms with Crippen molar-refractivity contribution in [3.63, 3.8) is 0 Å². The van der Waals surface area contributed by atoms with Gasteiger partial charge in [-0.25, -0.2) is 0 Å². The maximum absolute atomic E-state index is 3.47. The van der Waals surface area contributed by atoms with E-state index in [1.54, 1.807) is 11.3 Å². The van der Waals surface area contributed by atoms with E-state index in [1.165, 1.54) is 17.0 Å². The van der Waals surface area contributed by atoms with Crippen LogP contribution in [0.4, 0.5) is 0 Å². The summed E-state index contributed by atoms with van der Waals surface area (Å²) in [5.41, 5.74) is 3.91. The lowest BCUT2D eigenvalue weighted by molar-refractivity contribution is 0.573. The topological polar surface area (TPSA) is 15.8 Å². The molecule has 0 fully saturated rings. The average Bonchev–Trinajstić information content (AvgIpc) is 3.14. The number of rotatable bonds is 1. The van der Waals surface area contributed by atoms with Crippen molar-refractivity contribution in [2.75, 3.05) is 0 Å². The Labute approximate surface area is 125 Å². The zero-order valence-electron chi connectivity index (χ0n) is 12.3. The van der Waals surface area contributed by atoms with Crippen molar-refractivity contribution in [3.8, 4) is 11.3 Å². The van der Waals surface area contributed by atoms with E-state index in [0.717, 1.165) is 0 Å². The maximum Gasteiger partial charge on any atom is 0.0456 e. The molecule has 0 atom stereocenters. The SMILES string of the molecule is CC(C)(C)c1ccc(-c2ccccc2)[nH]1.c1ccsc1. The van der Waals surface area contributed by atoms with Crippen molar-refractivity contribution in [3.05, 3.63) is 71.1 Å². The Kier molecular flexibility index (Phi) is 4.80. The third-order valence-corrected chi connectivity index (χ3v) is 3.63. The highest BCUT2D eigenvalue weighted by molar-refractivity contribution is 7.07. The first-order valence-corrected chi connectivity index (χ1v) is 7.74. The third kappa shape index (κ3) is 4.10. The summed E-state index contributed by atoms with van der Waals surface area (Å²) >= 11 is 1.71. The van der Waals surface area contributed by atoms with E-state index >= 15 is 0 Å². The largest absolute Gasteiger partial charge is 0.358 e. The fourth-order valence-electron chi connectivity index (χ4n) is 1.85. The Morgan fingerprint density at radius 1 is 0.800 bits per heavy atom. The van der Waals surface area contributed by atoms with E-state index in [1.807, 2.05) is 29.0 Å². The number of aromatic amines is 1. The average molecular weight is 283 g/mol. The van der Waals surface area contributed by atoms with Gasteiger partial charge in [-0.2, -0.15) is 11.3 Å². The number of hydrogen-bond donors (Lipinski definition) is 1. The zero-order chi connectivity index (χ0) is 14.4. The maximum atomic E-state index is 3.47. The van der Waals surface area contributed by atoms with Crippen LogP contribution in [0.2, 0.25) is 0 Å². The van der Waals surface area contributed by atoms with Gasteiger partial charge < -0.3 is 4.98 Å². The highest BCUT2D eigenvalue weighted by Gasteiger charge is 2.15. The van der Waals surface area contributed by atoms with Gasteiger partial charge in [0.15, 0.2) is 0 Å². The van der Waals surface area contributed by atoms with E-state index in [0.29, 0.717) is 0 Å². The molecule has 0 saturated carbocycles. The van der Waals surface area contributed by atoms with Crippen LogP contribution in [-0.2, 0) is 5.41 Å². The third-order valence-electron chi connectivity index (χ3n) is 3.00. The first-order valence-electron chi connectivity index (χ1n) is 6.79. The van der Waals surface area contributed by atoms with Crippen molar-refractivity contribution in [1.82, 2.24) is 4.98 Å². The minimum Gasteiger partial charge on any atom is -0.358 e. The van der Waals surface area contributed by atoms with Crippen molar-refractivity contribution < 1.29 is 0 Å². The summed E-state index contributed by atoms with van der Waals surface area (Å²) in [6.45, 7) is 6.65. The lowest BCUT2D eigenvalue weighted by Gasteiger charge is -2.16. The number of benzene rings is 1. The summed E-state index contributed by atoms with van der Waals surface area (Å²) in [5.74, 6) is 0. The lowest BCUT2D eigenvalue weighted by atomic mass is 9.93. The second-order valence-electron chi connectivity index (χ2n) is 5.69. The Morgan fingerprint density at radius 2 is 1.45 bits per heavy atom. The van der Waals surface area contributed by atoms with Crippen LogP contribution in [-0.4, -0.2) is 4.98 Å². The molecule has 0 aliphatic carbocycles. The first-order chi connectivity index (χ1) is 9.57. The van der Waals surface area contributed by atoms with E-state index in [9.17, 15) is 0 Å². The summed E-state index contributed by atoms with van der Waals surface area (Å²) in [4.78, 5) is 3.47. The van der Waals surface area contributed by atoms with Gasteiger partial charge in [-0.05, 0) is 28.5 Å². The normalized spacial score (nSPS) is 10.8. The van der Waals surface area contributed by atoms with Crippen molar-refractivity contribution >= 4 is 11.3 Å². The number of hydrogen-bond acceptors (Lipinski definition) is 1. The molecule has 0 radical (unpaired) electrons. The highest BCUT2D eigenvalue weighted by Crippen LogP contribution is 2.25. The smallest absolute Gasteiger partial charge is 0.0456 e. The predicted octanol–water partition coefficient (Wildman–Crippen LogP) is 5.73. The Morgan fingerprint density at radius 3 is 1.90 bits per heavy atom. The van der Waals surface area contributed by atoms with Gasteiger partial charge in [0, 0.05) is 16.8 Å². The van der Waals surface area contributed by atoms with E-state index in [-0.39, 0.29) is 5.41 Å². The lowest BCUT2D eigenvalue weighted by Crippen LogP contribution is -2.11. The quantitative estimate of drug-likeness (QED) is 0.587. The molecule has 3 rings (SSSR count). The predicted molar refractivity (Wildman–Crippen MR) is 89.2 cm³/mol. The highest BCUT2D eigenvalue weighted by atomic mass is 32.1. The van der Waals surface area contributed by atoms with Crippen molar-refractivity contribution in [1.29, 1.82) is 0 Å². The molecule has 2 heterocycles. The molecular weight excluding hydrogens is 262 g/mol. The molecule has 2 aromatic heterocycles. The molecule has 0 aliphatic rings. The van der Waals surface area contributed by atoms with Crippen LogP contribution in [0.25, 0.3) is 11.3 Å². The van der Waals surface area contributed by atoms with Crippen LogP contribution in [0.15, 0.2) is 65.4 Å². The van der Waals surface area contributed by atoms with Crippen LogP contribution in [0.5, 0.6) is 0 Å². The molecule has 20 heavy (non-hydrogen) atoms. The molecular formula is C18H21NS. The fourth-order valence-corrected chi connectivity index (χ4v) is 2.30. The molecule has 0 aliphatic heterocycles. The van der Waals surface area contributed by atoms with Crippen LogP contribution in [0.3, 0.4) is 0 Å². The zero-order valence-corrected chi connectivity index (χ0v) is 13.1. The summed E-state index contributed by atoms with van der Waals surface area (Å²) in [7, 11) is 0. The van der Waals surface area contributed by atoms with E-state index in [4.69, 9.17) is 0 Å². The van der Waals surface area contributed by atoms with Gasteiger partial charge >= 0.3 is 0 Å². The van der Waals surface area contributed by atoms with Crippen molar-refractivity contribution in [2.45, 2.75) is 26.2 Å². The monoisotopic (exact) mass is 283 g/mol. The Balaban J connectivity index is 0.000000247. The van der Waals surface area contributed by atoms with Crippen LogP contribution in [0.1, 0.15) is 26.5 Å². The fraction of sp³-hybridized carbons (Fsp3) is 0.222. The van der Waals surface area contributed by atoms with Gasteiger partial charge in [0.25, 0.3) is 0 Å². The van der Waals surface area contributed by atoms with Gasteiger partial charge in [-0.15, -0.1) is 0 Å². The Bertz CT molecular complexity index is 583. The molecule has 1 nitrogen and oxygen atoms in total. The standard InChI is InChI=1S/C14H17N.C4H4S/c1-14(2,3)13-10-9-12(15-13)11-7-5-4-6-8-11;1-2-4-5-3-1/h4-10,15H,1-3H3;1-4H. The summed E-state index contributed by atoms with van der Waals surface area (Å²) < 4.78 is 0. The van der Waals surface area contributed by atoms with E-state index < -0.39 is 0 Å². The van der Waals surface area contributed by atoms with Gasteiger partial charge in [0.2, 0.25) is 0 Å². The second kappa shape index (κ2) is 6.58. The van der Waals surface area contributed by atoms with Gasteiger partial charge in [0.05, 0.1) is 0 Å². The molecule has 0 saturated heterocycles. The molecule has 3 aromatic rings. The molecule has 1 aromatic carbocycles. The van der Waals surface area contributed by atoms with Crippen LogP contribution in [0, 0.1) is 0 Å². The molecule has 104 valence electrons. The Hall–Kier alpha value is -1.80. The minimum atomic E-state index is 0.188. The minimum absolute atomic E-state index is 0.188. The van der Waals surface area contributed by atoms with Crippen molar-refractivity contribution in [2.24, 2.45) is 0 Å². The van der Waals surface area contributed by atoms with Gasteiger partial charge in [-0.1, -0.05) is 63.2 Å². The van der Waals surface area contributed by atoms with Crippen LogP contribution < -0.4 is 0 Å². The van der Waals surface area contributed by atoms with E-state index in [2.05, 4.69) is 62.2 Å². The number of aromatic nitrogens is 1. The molecule has 0 unspecified atom stereocenters. The van der Waals surface area contributed by atoms with Gasteiger partial charge in [0.1, 0.15) is 0 Å². The number of thiophene rings is 1. The number of nitrogens with one attached hydrogen (secondary N) is 1. The summed E-state index contributed by atoms with van der Waals surface area (Å²) in [6.07, 6.45) is 0. The molecule has 0 amide bonds. The summed E-state index contributed by atoms with van der Waals surface area (Å²) in [5, 5.41) is 4.08. The molecule has 0 bridgehead atoms. The van der Waals surface area contributed by atoms with Gasteiger partial charge in [-0.3, -0.25) is 0 Å². The molecule has 2 heteroatoms. The molecule has 1 N–H and O–H groups in total. The number of H-pyrrole nitrogens is 1. The second-order valence-corrected chi connectivity index (χ2v) is 6.51.